The summed E-state index contributed by atoms with van der Waals surface area (Å²) in [5, 5.41) is 0.789. The van der Waals surface area contributed by atoms with Crippen LogP contribution in [0, 0.1) is 5.92 Å². The van der Waals surface area contributed by atoms with Gasteiger partial charge >= 0.3 is 0 Å². The van der Waals surface area contributed by atoms with E-state index in [2.05, 4.69) is 30.5 Å². The number of thioether (sulfide) groups is 1. The Balaban J connectivity index is 2.05. The largest absolute Gasteiger partial charge is 0.381 e. The molecule has 0 saturated carbocycles. The van der Waals surface area contributed by atoms with E-state index in [1.165, 1.54) is 31.7 Å². The molecule has 3 atom stereocenters. The van der Waals surface area contributed by atoms with Gasteiger partial charge in [0.2, 0.25) is 0 Å². The van der Waals surface area contributed by atoms with Gasteiger partial charge in [-0.3, -0.25) is 4.90 Å². The van der Waals surface area contributed by atoms with Gasteiger partial charge in [0, 0.05) is 48.7 Å². The van der Waals surface area contributed by atoms with E-state index in [1.54, 1.807) is 0 Å². The quantitative estimate of drug-likeness (QED) is 0.831. The molecule has 2 fully saturated rings. The molecular weight excluding hydrogens is 232 g/mol. The van der Waals surface area contributed by atoms with Gasteiger partial charge in [-0.1, -0.05) is 6.92 Å². The topological polar surface area (TPSA) is 38.5 Å². The zero-order valence-electron chi connectivity index (χ0n) is 11.2. The Morgan fingerprint density at radius 2 is 2.35 bits per heavy atom. The van der Waals surface area contributed by atoms with Gasteiger partial charge in [0.1, 0.15) is 0 Å². The third kappa shape index (κ3) is 2.80. The second-order valence-corrected chi connectivity index (χ2v) is 6.88. The highest BCUT2D eigenvalue weighted by molar-refractivity contribution is 8.00. The lowest BCUT2D eigenvalue weighted by Crippen LogP contribution is -2.60. The van der Waals surface area contributed by atoms with Crippen molar-refractivity contribution in [3.8, 4) is 0 Å². The minimum absolute atomic E-state index is 0.144. The van der Waals surface area contributed by atoms with Crippen LogP contribution in [0.5, 0.6) is 0 Å². The monoisotopic (exact) mass is 258 g/mol. The van der Waals surface area contributed by atoms with E-state index in [0.717, 1.165) is 25.0 Å². The molecule has 3 unspecified atom stereocenters. The molecule has 2 N–H and O–H groups in total. The van der Waals surface area contributed by atoms with E-state index in [-0.39, 0.29) is 5.54 Å². The van der Waals surface area contributed by atoms with Crippen molar-refractivity contribution in [2.75, 3.05) is 38.6 Å². The first-order valence-electron chi connectivity index (χ1n) is 6.85. The van der Waals surface area contributed by atoms with Crippen LogP contribution in [0.2, 0.25) is 0 Å². The van der Waals surface area contributed by atoms with Gasteiger partial charge in [-0.25, -0.2) is 0 Å². The summed E-state index contributed by atoms with van der Waals surface area (Å²) < 4.78 is 5.56. The smallest absolute Gasteiger partial charge is 0.0513 e. The molecule has 0 aromatic heterocycles. The van der Waals surface area contributed by atoms with Crippen LogP contribution in [0.15, 0.2) is 0 Å². The van der Waals surface area contributed by atoms with E-state index < -0.39 is 0 Å². The number of hydrogen-bond acceptors (Lipinski definition) is 4. The van der Waals surface area contributed by atoms with Gasteiger partial charge in [-0.15, -0.1) is 0 Å². The SMILES string of the molecule is CCC1CN(C(C)(CN)C2CCOC2)CCS1. The molecule has 0 bridgehead atoms. The maximum absolute atomic E-state index is 6.10. The van der Waals surface area contributed by atoms with E-state index in [4.69, 9.17) is 10.5 Å². The van der Waals surface area contributed by atoms with Crippen molar-refractivity contribution in [2.24, 2.45) is 11.7 Å². The van der Waals surface area contributed by atoms with Gasteiger partial charge in [0.05, 0.1) is 6.61 Å². The van der Waals surface area contributed by atoms with Crippen molar-refractivity contribution >= 4 is 11.8 Å². The van der Waals surface area contributed by atoms with Crippen molar-refractivity contribution in [3.63, 3.8) is 0 Å². The number of hydrogen-bond donors (Lipinski definition) is 1. The van der Waals surface area contributed by atoms with Gasteiger partial charge < -0.3 is 10.5 Å². The summed E-state index contributed by atoms with van der Waals surface area (Å²) in [5.41, 5.74) is 6.24. The molecule has 17 heavy (non-hydrogen) atoms. The zero-order chi connectivity index (χ0) is 12.3. The fourth-order valence-corrected chi connectivity index (χ4v) is 4.19. The minimum atomic E-state index is 0.144. The average Bonchev–Trinajstić information content (AvgIpc) is 2.92. The van der Waals surface area contributed by atoms with Gasteiger partial charge in [-0.2, -0.15) is 11.8 Å². The molecule has 0 aromatic carbocycles. The molecule has 2 saturated heterocycles. The van der Waals surface area contributed by atoms with Gasteiger partial charge in [-0.05, 0) is 19.8 Å². The molecule has 0 spiro atoms. The minimum Gasteiger partial charge on any atom is -0.381 e. The lowest BCUT2D eigenvalue weighted by Gasteiger charge is -2.47. The normalized spacial score (nSPS) is 34.8. The standard InChI is InChI=1S/C13H26N2OS/c1-3-12-8-15(5-7-17-12)13(2,10-14)11-4-6-16-9-11/h11-12H,3-10,14H2,1-2H3. The Hall–Kier alpha value is 0.230. The number of rotatable bonds is 4. The van der Waals surface area contributed by atoms with Crippen molar-refractivity contribution in [2.45, 2.75) is 37.5 Å². The molecule has 2 heterocycles. The fraction of sp³-hybridized carbons (Fsp3) is 1.00. The van der Waals surface area contributed by atoms with E-state index in [1.807, 2.05) is 0 Å². The predicted octanol–water partition coefficient (Wildman–Crippen LogP) is 1.57. The number of ether oxygens (including phenoxy) is 1. The van der Waals surface area contributed by atoms with Crippen molar-refractivity contribution < 1.29 is 4.74 Å². The molecular formula is C13H26N2OS. The molecule has 0 amide bonds. The Bertz CT molecular complexity index is 246. The first-order chi connectivity index (χ1) is 8.20. The summed E-state index contributed by atoms with van der Waals surface area (Å²) in [4.78, 5) is 2.64. The number of nitrogens with zero attached hydrogens (tertiary/aromatic N) is 1. The molecule has 0 radical (unpaired) electrons. The van der Waals surface area contributed by atoms with E-state index >= 15 is 0 Å². The van der Waals surface area contributed by atoms with Crippen LogP contribution < -0.4 is 5.73 Å². The third-order valence-corrected chi connectivity index (χ3v) is 5.91. The highest BCUT2D eigenvalue weighted by Gasteiger charge is 2.41. The van der Waals surface area contributed by atoms with E-state index in [9.17, 15) is 0 Å². The Labute approximate surface area is 109 Å². The molecule has 2 rings (SSSR count). The first-order valence-corrected chi connectivity index (χ1v) is 7.90. The van der Waals surface area contributed by atoms with Crippen LogP contribution in [-0.4, -0.2) is 54.3 Å². The summed E-state index contributed by atoms with van der Waals surface area (Å²) in [7, 11) is 0. The Morgan fingerprint density at radius 1 is 1.53 bits per heavy atom. The third-order valence-electron chi connectivity index (χ3n) is 4.54. The Morgan fingerprint density at radius 3 is 2.94 bits per heavy atom. The zero-order valence-corrected chi connectivity index (χ0v) is 12.0. The molecule has 0 aromatic rings. The predicted molar refractivity (Wildman–Crippen MR) is 74.5 cm³/mol. The van der Waals surface area contributed by atoms with Crippen LogP contribution >= 0.6 is 11.8 Å². The number of nitrogens with two attached hydrogens (primary N) is 1. The maximum atomic E-state index is 6.10. The summed E-state index contributed by atoms with van der Waals surface area (Å²) in [5.74, 6) is 1.87. The molecule has 0 aliphatic carbocycles. The maximum Gasteiger partial charge on any atom is 0.0513 e. The summed E-state index contributed by atoms with van der Waals surface area (Å²) in [6, 6.07) is 0. The summed E-state index contributed by atoms with van der Waals surface area (Å²) in [6.07, 6.45) is 2.44. The fourth-order valence-electron chi connectivity index (χ4n) is 3.01. The van der Waals surface area contributed by atoms with Crippen molar-refractivity contribution in [1.29, 1.82) is 0 Å². The second-order valence-electron chi connectivity index (χ2n) is 5.47. The second kappa shape index (κ2) is 5.91. The molecule has 2 aliphatic heterocycles. The molecule has 4 heteroatoms. The van der Waals surface area contributed by atoms with Crippen LogP contribution in [0.25, 0.3) is 0 Å². The van der Waals surface area contributed by atoms with Gasteiger partial charge in [0.25, 0.3) is 0 Å². The highest BCUT2D eigenvalue weighted by atomic mass is 32.2. The first kappa shape index (κ1) is 13.7. The van der Waals surface area contributed by atoms with Crippen molar-refractivity contribution in [1.82, 2.24) is 4.90 Å². The lowest BCUT2D eigenvalue weighted by molar-refractivity contribution is 0.0476. The lowest BCUT2D eigenvalue weighted by atomic mass is 9.83. The van der Waals surface area contributed by atoms with Gasteiger partial charge in [0.15, 0.2) is 0 Å². The highest BCUT2D eigenvalue weighted by Crippen LogP contribution is 2.34. The van der Waals surface area contributed by atoms with Crippen molar-refractivity contribution in [3.05, 3.63) is 0 Å². The molecule has 3 nitrogen and oxygen atoms in total. The van der Waals surface area contributed by atoms with Crippen LogP contribution in [-0.2, 0) is 4.74 Å². The summed E-state index contributed by atoms with van der Waals surface area (Å²) in [6.45, 7) is 9.59. The van der Waals surface area contributed by atoms with E-state index in [0.29, 0.717) is 5.92 Å². The Kier molecular flexibility index (Phi) is 4.75. The average molecular weight is 258 g/mol. The summed E-state index contributed by atoms with van der Waals surface area (Å²) >= 11 is 2.12. The molecule has 2 aliphatic rings. The van der Waals surface area contributed by atoms with Crippen LogP contribution in [0.4, 0.5) is 0 Å². The van der Waals surface area contributed by atoms with Crippen LogP contribution in [0.3, 0.4) is 0 Å². The van der Waals surface area contributed by atoms with Crippen LogP contribution in [0.1, 0.15) is 26.7 Å². The molecule has 100 valence electrons.